The van der Waals surface area contributed by atoms with E-state index in [0.717, 1.165) is 32.0 Å². The van der Waals surface area contributed by atoms with Gasteiger partial charge in [0.05, 0.1) is 10.2 Å². The first-order valence-electron chi connectivity index (χ1n) is 8.14. The molecule has 0 spiro atoms. The minimum atomic E-state index is -0.365. The van der Waals surface area contributed by atoms with Crippen LogP contribution in [-0.2, 0) is 0 Å². The van der Waals surface area contributed by atoms with Crippen molar-refractivity contribution in [1.29, 1.82) is 0 Å². The quantitative estimate of drug-likeness (QED) is 0.511. The van der Waals surface area contributed by atoms with Crippen LogP contribution in [0.15, 0.2) is 66.7 Å². The number of nitrogens with zero attached hydrogens (tertiary/aromatic N) is 1. The number of carbonyl (C=O) groups excluding carboxylic acids is 1. The van der Waals surface area contributed by atoms with Gasteiger partial charge in [0.25, 0.3) is 5.91 Å². The van der Waals surface area contributed by atoms with Gasteiger partial charge >= 0.3 is 0 Å². The predicted molar refractivity (Wildman–Crippen MR) is 104 cm³/mol. The Morgan fingerprint density at radius 3 is 2.58 bits per heavy atom. The maximum absolute atomic E-state index is 13.0. The lowest BCUT2D eigenvalue weighted by molar-refractivity contribution is 0.102. The van der Waals surface area contributed by atoms with Crippen LogP contribution >= 0.6 is 11.3 Å². The van der Waals surface area contributed by atoms with E-state index in [1.807, 2.05) is 49.4 Å². The second-order valence-electron chi connectivity index (χ2n) is 5.98. The number of nitrogens with one attached hydrogen (secondary N) is 1. The fraction of sp³-hybridized carbons (Fsp3) is 0.0476. The van der Waals surface area contributed by atoms with E-state index in [9.17, 15) is 9.18 Å². The molecule has 0 fully saturated rings. The van der Waals surface area contributed by atoms with Crippen LogP contribution in [0.5, 0.6) is 0 Å². The summed E-state index contributed by atoms with van der Waals surface area (Å²) in [5.41, 5.74) is 3.99. The van der Waals surface area contributed by atoms with Crippen LogP contribution in [0.2, 0.25) is 0 Å². The van der Waals surface area contributed by atoms with E-state index in [1.54, 1.807) is 11.3 Å². The first-order valence-corrected chi connectivity index (χ1v) is 8.95. The molecule has 0 aliphatic heterocycles. The number of carbonyl (C=O) groups is 1. The molecule has 0 bridgehead atoms. The maximum atomic E-state index is 13.0. The number of fused-ring (bicyclic) bond motifs is 1. The number of aryl methyl sites for hydroxylation is 1. The Morgan fingerprint density at radius 1 is 1.04 bits per heavy atom. The van der Waals surface area contributed by atoms with Crippen LogP contribution < -0.4 is 5.32 Å². The Kier molecular flexibility index (Phi) is 4.22. The zero-order valence-electron chi connectivity index (χ0n) is 14.0. The van der Waals surface area contributed by atoms with Gasteiger partial charge in [-0.1, -0.05) is 24.3 Å². The number of hydrogen-bond acceptors (Lipinski definition) is 3. The SMILES string of the molecule is Cc1ccc(-c2nc3ccccc3s2)cc1NC(=O)c1ccc(F)cc1. The number of rotatable bonds is 3. The van der Waals surface area contributed by atoms with Gasteiger partial charge in [-0.05, 0) is 55.0 Å². The van der Waals surface area contributed by atoms with Crippen LogP contribution in [0.4, 0.5) is 10.1 Å². The summed E-state index contributed by atoms with van der Waals surface area (Å²) >= 11 is 1.62. The highest BCUT2D eigenvalue weighted by atomic mass is 32.1. The van der Waals surface area contributed by atoms with Crippen LogP contribution in [-0.4, -0.2) is 10.9 Å². The molecule has 26 heavy (non-hydrogen) atoms. The summed E-state index contributed by atoms with van der Waals surface area (Å²) in [5, 5.41) is 3.81. The summed E-state index contributed by atoms with van der Waals surface area (Å²) in [7, 11) is 0. The molecule has 4 aromatic rings. The smallest absolute Gasteiger partial charge is 0.255 e. The van der Waals surface area contributed by atoms with Crippen molar-refractivity contribution in [3.8, 4) is 10.6 Å². The Labute approximate surface area is 154 Å². The molecule has 1 amide bonds. The first kappa shape index (κ1) is 16.4. The van der Waals surface area contributed by atoms with Crippen molar-refractivity contribution in [2.75, 3.05) is 5.32 Å². The number of aromatic nitrogens is 1. The Bertz CT molecular complexity index is 1070. The highest BCUT2D eigenvalue weighted by molar-refractivity contribution is 7.21. The normalized spacial score (nSPS) is 10.8. The molecule has 0 unspecified atom stereocenters. The zero-order chi connectivity index (χ0) is 18.1. The fourth-order valence-corrected chi connectivity index (χ4v) is 3.64. The van der Waals surface area contributed by atoms with E-state index in [1.165, 1.54) is 24.3 Å². The molecular formula is C21H15FN2OS. The van der Waals surface area contributed by atoms with Gasteiger partial charge in [0.2, 0.25) is 0 Å². The van der Waals surface area contributed by atoms with Gasteiger partial charge in [0, 0.05) is 16.8 Å². The average Bonchev–Trinajstić information content (AvgIpc) is 3.08. The van der Waals surface area contributed by atoms with Crippen molar-refractivity contribution in [1.82, 2.24) is 4.98 Å². The zero-order valence-corrected chi connectivity index (χ0v) is 14.8. The van der Waals surface area contributed by atoms with E-state index in [2.05, 4.69) is 10.3 Å². The van der Waals surface area contributed by atoms with Crippen LogP contribution in [0.3, 0.4) is 0 Å². The first-order chi connectivity index (χ1) is 12.6. The van der Waals surface area contributed by atoms with Gasteiger partial charge in [-0.3, -0.25) is 4.79 Å². The van der Waals surface area contributed by atoms with Crippen molar-refractivity contribution in [2.45, 2.75) is 6.92 Å². The summed E-state index contributed by atoms with van der Waals surface area (Å²) in [5.74, 6) is -0.634. The van der Waals surface area contributed by atoms with Crippen molar-refractivity contribution in [3.63, 3.8) is 0 Å². The molecule has 0 radical (unpaired) electrons. The minimum absolute atomic E-state index is 0.269. The highest BCUT2D eigenvalue weighted by Crippen LogP contribution is 2.32. The number of para-hydroxylation sites is 1. The lowest BCUT2D eigenvalue weighted by Crippen LogP contribution is -2.12. The number of halogens is 1. The van der Waals surface area contributed by atoms with Crippen molar-refractivity contribution >= 4 is 33.1 Å². The molecular weight excluding hydrogens is 347 g/mol. The molecule has 1 aromatic heterocycles. The number of anilines is 1. The van der Waals surface area contributed by atoms with Crippen LogP contribution in [0, 0.1) is 12.7 Å². The number of thiazole rings is 1. The minimum Gasteiger partial charge on any atom is -0.322 e. The molecule has 5 heteroatoms. The summed E-state index contributed by atoms with van der Waals surface area (Å²) < 4.78 is 14.2. The van der Waals surface area contributed by atoms with E-state index in [4.69, 9.17) is 0 Å². The predicted octanol–water partition coefficient (Wildman–Crippen LogP) is 5.66. The highest BCUT2D eigenvalue weighted by Gasteiger charge is 2.11. The van der Waals surface area contributed by atoms with Crippen molar-refractivity contribution in [2.24, 2.45) is 0 Å². The van der Waals surface area contributed by atoms with E-state index >= 15 is 0 Å². The Balaban J connectivity index is 1.65. The molecule has 0 aliphatic carbocycles. The molecule has 0 saturated heterocycles. The second-order valence-corrected chi connectivity index (χ2v) is 7.01. The molecule has 128 valence electrons. The van der Waals surface area contributed by atoms with Gasteiger partial charge in [-0.25, -0.2) is 9.37 Å². The third kappa shape index (κ3) is 3.21. The summed E-state index contributed by atoms with van der Waals surface area (Å²) in [6.45, 7) is 1.93. The molecule has 0 saturated carbocycles. The average molecular weight is 362 g/mol. The third-order valence-corrected chi connectivity index (χ3v) is 5.22. The molecule has 0 atom stereocenters. The van der Waals surface area contributed by atoms with Crippen molar-refractivity contribution in [3.05, 3.63) is 83.7 Å². The van der Waals surface area contributed by atoms with E-state index in [-0.39, 0.29) is 11.7 Å². The third-order valence-electron chi connectivity index (χ3n) is 4.13. The van der Waals surface area contributed by atoms with Gasteiger partial charge in [0.1, 0.15) is 10.8 Å². The molecule has 3 nitrogen and oxygen atoms in total. The molecule has 3 aromatic carbocycles. The number of hydrogen-bond donors (Lipinski definition) is 1. The number of benzene rings is 3. The summed E-state index contributed by atoms with van der Waals surface area (Å²) in [4.78, 5) is 17.1. The second kappa shape index (κ2) is 6.69. The lowest BCUT2D eigenvalue weighted by atomic mass is 10.1. The van der Waals surface area contributed by atoms with Crippen molar-refractivity contribution < 1.29 is 9.18 Å². The number of amides is 1. The van der Waals surface area contributed by atoms with E-state index in [0.29, 0.717) is 5.56 Å². The van der Waals surface area contributed by atoms with Crippen LogP contribution in [0.25, 0.3) is 20.8 Å². The Hall–Kier alpha value is -3.05. The van der Waals surface area contributed by atoms with Gasteiger partial charge < -0.3 is 5.32 Å². The molecule has 1 N–H and O–H groups in total. The van der Waals surface area contributed by atoms with E-state index < -0.39 is 0 Å². The van der Waals surface area contributed by atoms with Gasteiger partial charge in [0.15, 0.2) is 0 Å². The van der Waals surface area contributed by atoms with Gasteiger partial charge in [-0.2, -0.15) is 0 Å². The molecule has 4 rings (SSSR count). The topological polar surface area (TPSA) is 42.0 Å². The fourth-order valence-electron chi connectivity index (χ4n) is 2.68. The maximum Gasteiger partial charge on any atom is 0.255 e. The lowest BCUT2D eigenvalue weighted by Gasteiger charge is -2.10. The molecule has 0 aliphatic rings. The largest absolute Gasteiger partial charge is 0.322 e. The van der Waals surface area contributed by atoms with Crippen LogP contribution in [0.1, 0.15) is 15.9 Å². The standard InChI is InChI=1S/C21H15FN2OS/c1-13-6-7-15(21-24-17-4-2-3-5-19(17)26-21)12-18(13)23-20(25)14-8-10-16(22)11-9-14/h2-12H,1H3,(H,23,25). The summed E-state index contributed by atoms with van der Waals surface area (Å²) in [6.07, 6.45) is 0. The Morgan fingerprint density at radius 2 is 1.81 bits per heavy atom. The molecule has 1 heterocycles. The van der Waals surface area contributed by atoms with Gasteiger partial charge in [-0.15, -0.1) is 11.3 Å². The summed E-state index contributed by atoms with van der Waals surface area (Å²) in [6, 6.07) is 19.4. The monoisotopic (exact) mass is 362 g/mol.